The average molecular weight is 325 g/mol. The van der Waals surface area contributed by atoms with Crippen LogP contribution in [0.3, 0.4) is 0 Å². The fraction of sp³-hybridized carbons (Fsp3) is 0.684. The summed E-state index contributed by atoms with van der Waals surface area (Å²) in [6.45, 7) is 11.8. The van der Waals surface area contributed by atoms with Gasteiger partial charge in [0.15, 0.2) is 11.6 Å². The molecule has 0 amide bonds. The first kappa shape index (κ1) is 19.9. The molecular weight excluding hydrogens is 293 g/mol. The van der Waals surface area contributed by atoms with Gasteiger partial charge in [0.05, 0.1) is 6.61 Å². The van der Waals surface area contributed by atoms with Crippen molar-refractivity contribution in [1.29, 1.82) is 0 Å². The number of halogens is 1. The minimum Gasteiger partial charge on any atom is -0.491 e. The number of benzene rings is 1. The van der Waals surface area contributed by atoms with E-state index >= 15 is 0 Å². The molecule has 0 saturated heterocycles. The Morgan fingerprint density at radius 1 is 0.957 bits per heavy atom. The molecule has 0 aliphatic carbocycles. The van der Waals surface area contributed by atoms with Crippen LogP contribution in [-0.4, -0.2) is 44.4 Å². The van der Waals surface area contributed by atoms with Crippen LogP contribution in [0.15, 0.2) is 18.2 Å². The molecule has 1 aromatic rings. The number of hydrogen-bond donors (Lipinski definition) is 0. The molecule has 0 saturated carbocycles. The second kappa shape index (κ2) is 12.3. The fourth-order valence-corrected chi connectivity index (χ4v) is 2.39. The van der Waals surface area contributed by atoms with E-state index in [0.717, 1.165) is 57.7 Å². The van der Waals surface area contributed by atoms with Crippen molar-refractivity contribution in [3.63, 3.8) is 0 Å². The lowest BCUT2D eigenvalue weighted by Gasteiger charge is -2.17. The van der Waals surface area contributed by atoms with Crippen molar-refractivity contribution < 1.29 is 13.9 Å². The molecule has 1 aromatic carbocycles. The number of hydrogen-bond acceptors (Lipinski definition) is 3. The van der Waals surface area contributed by atoms with E-state index in [1.54, 1.807) is 6.07 Å². The highest BCUT2D eigenvalue weighted by Crippen LogP contribution is 2.18. The van der Waals surface area contributed by atoms with E-state index in [9.17, 15) is 4.39 Å². The highest BCUT2D eigenvalue weighted by molar-refractivity contribution is 5.28. The van der Waals surface area contributed by atoms with Gasteiger partial charge >= 0.3 is 0 Å². The van der Waals surface area contributed by atoms with Gasteiger partial charge in [-0.05, 0) is 69.9 Å². The highest BCUT2D eigenvalue weighted by Gasteiger charge is 2.02. The molecule has 0 aliphatic rings. The quantitative estimate of drug-likeness (QED) is 0.501. The van der Waals surface area contributed by atoms with Crippen molar-refractivity contribution in [1.82, 2.24) is 4.90 Å². The topological polar surface area (TPSA) is 21.7 Å². The third-order valence-electron chi connectivity index (χ3n) is 3.94. The molecule has 0 heterocycles. The first-order valence-electron chi connectivity index (χ1n) is 8.86. The van der Waals surface area contributed by atoms with Gasteiger partial charge in [0.25, 0.3) is 0 Å². The maximum absolute atomic E-state index is 13.6. The summed E-state index contributed by atoms with van der Waals surface area (Å²) in [6.07, 6.45) is 4.13. The second-order valence-electron chi connectivity index (χ2n) is 5.84. The van der Waals surface area contributed by atoms with Crippen LogP contribution in [0.25, 0.3) is 0 Å². The van der Waals surface area contributed by atoms with Crippen LogP contribution in [0.1, 0.15) is 45.1 Å². The summed E-state index contributed by atoms with van der Waals surface area (Å²) in [5.74, 6) is 0.0578. The van der Waals surface area contributed by atoms with E-state index in [0.29, 0.717) is 12.4 Å². The minimum absolute atomic E-state index is 0.283. The number of unbranched alkanes of at least 4 members (excludes halogenated alkanes) is 2. The summed E-state index contributed by atoms with van der Waals surface area (Å²) >= 11 is 0. The van der Waals surface area contributed by atoms with Gasteiger partial charge in [-0.1, -0.05) is 19.9 Å². The zero-order valence-corrected chi connectivity index (χ0v) is 14.9. The van der Waals surface area contributed by atoms with Gasteiger partial charge in [-0.2, -0.15) is 0 Å². The Hall–Kier alpha value is -1.13. The lowest BCUT2D eigenvalue weighted by molar-refractivity contribution is 0.120. The highest BCUT2D eigenvalue weighted by atomic mass is 19.1. The van der Waals surface area contributed by atoms with Crippen LogP contribution >= 0.6 is 0 Å². The normalized spacial score (nSPS) is 11.2. The van der Waals surface area contributed by atoms with Gasteiger partial charge in [0.2, 0.25) is 0 Å². The Labute approximate surface area is 140 Å². The molecule has 0 unspecified atom stereocenters. The van der Waals surface area contributed by atoms with Crippen molar-refractivity contribution in [3.05, 3.63) is 29.6 Å². The molecule has 1 rings (SSSR count). The van der Waals surface area contributed by atoms with Crippen LogP contribution in [0.2, 0.25) is 0 Å². The molecule has 0 radical (unpaired) electrons. The molecule has 0 N–H and O–H groups in total. The average Bonchev–Trinajstić information content (AvgIpc) is 2.54. The maximum Gasteiger partial charge on any atom is 0.165 e. The maximum atomic E-state index is 13.6. The summed E-state index contributed by atoms with van der Waals surface area (Å²) in [6, 6.07) is 5.05. The zero-order chi connectivity index (χ0) is 16.9. The van der Waals surface area contributed by atoms with Gasteiger partial charge in [0.1, 0.15) is 0 Å². The van der Waals surface area contributed by atoms with Crippen LogP contribution in [0, 0.1) is 12.7 Å². The van der Waals surface area contributed by atoms with Crippen LogP contribution < -0.4 is 4.74 Å². The number of aryl methyl sites for hydroxylation is 1. The van der Waals surface area contributed by atoms with Gasteiger partial charge in [-0.3, -0.25) is 0 Å². The summed E-state index contributed by atoms with van der Waals surface area (Å²) in [7, 11) is 0. The van der Waals surface area contributed by atoms with E-state index in [-0.39, 0.29) is 5.82 Å². The molecule has 132 valence electrons. The predicted octanol–water partition coefficient (Wildman–Crippen LogP) is 4.43. The molecule has 0 atom stereocenters. The molecule has 3 nitrogen and oxygen atoms in total. The van der Waals surface area contributed by atoms with Crippen LogP contribution in [-0.2, 0) is 4.74 Å². The molecule has 0 aliphatic heterocycles. The number of nitrogens with zero attached hydrogens (tertiary/aromatic N) is 1. The Morgan fingerprint density at radius 3 is 2.26 bits per heavy atom. The smallest absolute Gasteiger partial charge is 0.165 e. The monoisotopic (exact) mass is 325 g/mol. The lowest BCUT2D eigenvalue weighted by atomic mass is 10.2. The lowest BCUT2D eigenvalue weighted by Crippen LogP contribution is -2.24. The molecule has 0 spiro atoms. The van der Waals surface area contributed by atoms with Crippen LogP contribution in [0.5, 0.6) is 5.75 Å². The third kappa shape index (κ3) is 8.92. The first-order chi connectivity index (χ1) is 11.2. The molecular formula is C19H32FNO2. The van der Waals surface area contributed by atoms with E-state index in [1.165, 1.54) is 12.5 Å². The number of ether oxygens (including phenoxy) is 2. The predicted molar refractivity (Wildman–Crippen MR) is 93.7 cm³/mol. The van der Waals surface area contributed by atoms with Gasteiger partial charge < -0.3 is 14.4 Å². The van der Waals surface area contributed by atoms with E-state index in [1.807, 2.05) is 13.0 Å². The molecule has 0 fully saturated rings. The Bertz CT molecular complexity index is 422. The summed E-state index contributed by atoms with van der Waals surface area (Å²) in [5, 5.41) is 0. The molecule has 23 heavy (non-hydrogen) atoms. The Balaban J connectivity index is 1.94. The Morgan fingerprint density at radius 2 is 1.61 bits per heavy atom. The molecule has 0 aromatic heterocycles. The van der Waals surface area contributed by atoms with Crippen molar-refractivity contribution >= 4 is 0 Å². The molecule has 4 heteroatoms. The second-order valence-corrected chi connectivity index (χ2v) is 5.84. The van der Waals surface area contributed by atoms with Crippen LogP contribution in [0.4, 0.5) is 4.39 Å². The minimum atomic E-state index is -0.283. The molecule has 0 bridgehead atoms. The van der Waals surface area contributed by atoms with Gasteiger partial charge in [-0.25, -0.2) is 4.39 Å². The SMILES string of the molecule is CCN(CC)CCCCOCCCCOc1ccc(C)cc1F. The third-order valence-corrected chi connectivity index (χ3v) is 3.94. The summed E-state index contributed by atoms with van der Waals surface area (Å²) in [4.78, 5) is 2.43. The van der Waals surface area contributed by atoms with Gasteiger partial charge in [-0.15, -0.1) is 0 Å². The van der Waals surface area contributed by atoms with Crippen molar-refractivity contribution in [2.45, 2.75) is 46.5 Å². The van der Waals surface area contributed by atoms with E-state index < -0.39 is 0 Å². The summed E-state index contributed by atoms with van der Waals surface area (Å²) in [5.41, 5.74) is 0.907. The zero-order valence-electron chi connectivity index (χ0n) is 14.9. The standard InChI is InChI=1S/C19H32FNO2/c1-4-21(5-2)12-6-7-13-22-14-8-9-15-23-19-11-10-17(3)16-18(19)20/h10-11,16H,4-9,12-15H2,1-3H3. The van der Waals surface area contributed by atoms with Crippen molar-refractivity contribution in [2.24, 2.45) is 0 Å². The Kier molecular flexibility index (Phi) is 10.7. The van der Waals surface area contributed by atoms with Crippen molar-refractivity contribution in [3.8, 4) is 5.75 Å². The van der Waals surface area contributed by atoms with Gasteiger partial charge in [0, 0.05) is 13.2 Å². The van der Waals surface area contributed by atoms with Crippen molar-refractivity contribution in [2.75, 3.05) is 39.5 Å². The van der Waals surface area contributed by atoms with E-state index in [4.69, 9.17) is 9.47 Å². The largest absolute Gasteiger partial charge is 0.491 e. The van der Waals surface area contributed by atoms with E-state index in [2.05, 4.69) is 18.7 Å². The fourth-order valence-electron chi connectivity index (χ4n) is 2.39. The first-order valence-corrected chi connectivity index (χ1v) is 8.86. The number of rotatable bonds is 13. The summed E-state index contributed by atoms with van der Waals surface area (Å²) < 4.78 is 24.6.